The van der Waals surface area contributed by atoms with Gasteiger partial charge in [-0.1, -0.05) is 26.2 Å². The molecule has 0 spiro atoms. The first-order valence-electron chi connectivity index (χ1n) is 10.1. The van der Waals surface area contributed by atoms with Crippen molar-refractivity contribution in [1.82, 2.24) is 9.97 Å². The van der Waals surface area contributed by atoms with Crippen LogP contribution >= 0.6 is 0 Å². The van der Waals surface area contributed by atoms with Gasteiger partial charge in [-0.25, -0.2) is 4.98 Å². The number of rotatable bonds is 9. The molecule has 0 fully saturated rings. The van der Waals surface area contributed by atoms with Gasteiger partial charge in [0.15, 0.2) is 5.82 Å². The summed E-state index contributed by atoms with van der Waals surface area (Å²) in [5.41, 5.74) is -0.750. The van der Waals surface area contributed by atoms with Gasteiger partial charge in [0.05, 0.1) is 6.61 Å². The molecular weight excluding hydrogens is 395 g/mol. The van der Waals surface area contributed by atoms with E-state index < -0.39 is 11.7 Å². The van der Waals surface area contributed by atoms with Gasteiger partial charge in [0.1, 0.15) is 16.9 Å². The van der Waals surface area contributed by atoms with Crippen LogP contribution in [0, 0.1) is 0 Å². The first-order valence-corrected chi connectivity index (χ1v) is 10.1. The summed E-state index contributed by atoms with van der Waals surface area (Å²) in [6.45, 7) is 8.24. The summed E-state index contributed by atoms with van der Waals surface area (Å²) in [5.74, 6) is 0.375. The zero-order chi connectivity index (χ0) is 22.4. The Bertz CT molecular complexity index is 803. The average molecular weight is 425 g/mol. The number of alkyl halides is 3. The third-order valence-corrected chi connectivity index (χ3v) is 4.25. The van der Waals surface area contributed by atoms with Crippen LogP contribution in [0.2, 0.25) is 0 Å². The van der Waals surface area contributed by atoms with Crippen molar-refractivity contribution in [2.45, 2.75) is 65.2 Å². The highest BCUT2D eigenvalue weighted by molar-refractivity contribution is 5.63. The summed E-state index contributed by atoms with van der Waals surface area (Å²) in [7, 11) is 1.53. The largest absolute Gasteiger partial charge is 0.488 e. The predicted octanol–water partition coefficient (Wildman–Crippen LogP) is 6.40. The Kier molecular flexibility index (Phi) is 7.92. The van der Waals surface area contributed by atoms with Crippen LogP contribution in [-0.2, 0) is 6.18 Å². The van der Waals surface area contributed by atoms with E-state index in [0.717, 1.165) is 31.9 Å². The monoisotopic (exact) mass is 425 g/mol. The molecule has 0 saturated heterocycles. The second kappa shape index (κ2) is 10.00. The number of hydrogen-bond acceptors (Lipinski definition) is 5. The molecule has 0 unspecified atom stereocenters. The second-order valence-electron chi connectivity index (χ2n) is 8.06. The van der Waals surface area contributed by atoms with Gasteiger partial charge >= 0.3 is 12.2 Å². The van der Waals surface area contributed by atoms with Crippen molar-refractivity contribution in [1.29, 1.82) is 0 Å². The fraction of sp³-hybridized carbons (Fsp3) is 0.545. The maximum atomic E-state index is 13.5. The number of nitrogens with zero attached hydrogens (tertiary/aromatic N) is 3. The van der Waals surface area contributed by atoms with Crippen molar-refractivity contribution >= 4 is 11.5 Å². The number of aromatic nitrogens is 2. The van der Waals surface area contributed by atoms with E-state index in [1.165, 1.54) is 11.9 Å². The van der Waals surface area contributed by atoms with Gasteiger partial charge in [-0.05, 0) is 51.5 Å². The number of halogens is 3. The van der Waals surface area contributed by atoms with Crippen molar-refractivity contribution in [3.05, 3.63) is 36.0 Å². The fourth-order valence-electron chi connectivity index (χ4n) is 2.79. The highest BCUT2D eigenvalue weighted by Crippen LogP contribution is 2.38. The van der Waals surface area contributed by atoms with E-state index in [0.29, 0.717) is 18.0 Å². The van der Waals surface area contributed by atoms with Gasteiger partial charge in [-0.3, -0.25) is 0 Å². The van der Waals surface area contributed by atoms with Crippen molar-refractivity contribution in [3.63, 3.8) is 0 Å². The molecule has 1 heterocycles. The van der Waals surface area contributed by atoms with Crippen LogP contribution in [0.15, 0.2) is 30.5 Å². The molecule has 1 aromatic carbocycles. The Labute approximate surface area is 176 Å². The second-order valence-corrected chi connectivity index (χ2v) is 8.06. The summed E-state index contributed by atoms with van der Waals surface area (Å²) in [5, 5.41) is 0. The van der Waals surface area contributed by atoms with Gasteiger partial charge < -0.3 is 14.4 Å². The zero-order valence-electron chi connectivity index (χ0n) is 18.2. The minimum Gasteiger partial charge on any atom is -0.488 e. The lowest BCUT2D eigenvalue weighted by Crippen LogP contribution is -2.23. The number of unbranched alkanes of at least 4 members (excludes halogenated alkanes) is 3. The molecule has 166 valence electrons. The Morgan fingerprint density at radius 3 is 2.23 bits per heavy atom. The van der Waals surface area contributed by atoms with Gasteiger partial charge in [0, 0.05) is 18.9 Å². The molecule has 8 heteroatoms. The molecule has 2 rings (SSSR count). The minimum atomic E-state index is -4.58. The molecule has 0 N–H and O–H groups in total. The lowest BCUT2D eigenvalue weighted by molar-refractivity contribution is -0.137. The first kappa shape index (κ1) is 23.8. The van der Waals surface area contributed by atoms with Crippen LogP contribution in [0.5, 0.6) is 11.8 Å². The molecule has 5 nitrogen and oxygen atoms in total. The molecule has 0 aliphatic rings. The first-order chi connectivity index (χ1) is 14.0. The molecule has 0 saturated carbocycles. The number of anilines is 2. The maximum absolute atomic E-state index is 13.5. The van der Waals surface area contributed by atoms with Gasteiger partial charge in [-0.2, -0.15) is 18.2 Å². The molecule has 0 bridgehead atoms. The van der Waals surface area contributed by atoms with Crippen LogP contribution in [0.25, 0.3) is 0 Å². The molecule has 30 heavy (non-hydrogen) atoms. The molecular formula is C22H30F3N3O2. The standard InChI is InChI=1S/C22H30F3N3O2/c1-6-7-8-9-14-29-20-26-15-18(22(23,24)25)19(27-20)28(5)16-10-12-17(13-11-16)30-21(2,3)4/h10-13,15H,6-9,14H2,1-5H3. The summed E-state index contributed by atoms with van der Waals surface area (Å²) in [6.07, 6.45) is 0.160. The quantitative estimate of drug-likeness (QED) is 0.435. The smallest absolute Gasteiger partial charge is 0.421 e. The molecule has 0 radical (unpaired) electrons. The van der Waals surface area contributed by atoms with Gasteiger partial charge in [-0.15, -0.1) is 0 Å². The van der Waals surface area contributed by atoms with E-state index in [4.69, 9.17) is 9.47 Å². The zero-order valence-corrected chi connectivity index (χ0v) is 18.2. The third-order valence-electron chi connectivity index (χ3n) is 4.25. The summed E-state index contributed by atoms with van der Waals surface area (Å²) < 4.78 is 51.8. The normalized spacial score (nSPS) is 12.0. The molecule has 2 aromatic rings. The topological polar surface area (TPSA) is 47.5 Å². The number of ether oxygens (including phenoxy) is 2. The van der Waals surface area contributed by atoms with Crippen LogP contribution in [0.3, 0.4) is 0 Å². The summed E-state index contributed by atoms with van der Waals surface area (Å²) >= 11 is 0. The Morgan fingerprint density at radius 1 is 1.00 bits per heavy atom. The SMILES string of the molecule is CCCCCCOc1ncc(C(F)(F)F)c(N(C)c2ccc(OC(C)(C)C)cc2)n1. The van der Waals surface area contributed by atoms with E-state index in [9.17, 15) is 13.2 Å². The highest BCUT2D eigenvalue weighted by Gasteiger charge is 2.36. The third kappa shape index (κ3) is 7.07. The molecule has 0 amide bonds. The van der Waals surface area contributed by atoms with Crippen molar-refractivity contribution in [2.24, 2.45) is 0 Å². The van der Waals surface area contributed by atoms with Crippen LogP contribution < -0.4 is 14.4 Å². The van der Waals surface area contributed by atoms with Crippen molar-refractivity contribution in [3.8, 4) is 11.8 Å². The summed E-state index contributed by atoms with van der Waals surface area (Å²) in [6, 6.07) is 6.75. The van der Waals surface area contributed by atoms with Crippen LogP contribution in [-0.4, -0.2) is 29.2 Å². The maximum Gasteiger partial charge on any atom is 0.421 e. The van der Waals surface area contributed by atoms with Crippen molar-refractivity contribution in [2.75, 3.05) is 18.6 Å². The number of hydrogen-bond donors (Lipinski definition) is 0. The molecule has 0 aliphatic carbocycles. The van der Waals surface area contributed by atoms with Crippen molar-refractivity contribution < 1.29 is 22.6 Å². The summed E-state index contributed by atoms with van der Waals surface area (Å²) in [4.78, 5) is 9.18. The van der Waals surface area contributed by atoms with Gasteiger partial charge in [0.25, 0.3) is 0 Å². The van der Waals surface area contributed by atoms with E-state index in [2.05, 4.69) is 16.9 Å². The fourth-order valence-corrected chi connectivity index (χ4v) is 2.79. The minimum absolute atomic E-state index is 0.0611. The van der Waals surface area contributed by atoms with E-state index in [-0.39, 0.29) is 17.4 Å². The Hall–Kier alpha value is -2.51. The Balaban J connectivity index is 2.24. The predicted molar refractivity (Wildman–Crippen MR) is 112 cm³/mol. The van der Waals surface area contributed by atoms with Crippen LogP contribution in [0.1, 0.15) is 58.9 Å². The molecule has 0 atom stereocenters. The van der Waals surface area contributed by atoms with E-state index in [1.54, 1.807) is 24.3 Å². The Morgan fingerprint density at radius 2 is 1.67 bits per heavy atom. The van der Waals surface area contributed by atoms with Gasteiger partial charge in [0.2, 0.25) is 0 Å². The van der Waals surface area contributed by atoms with E-state index in [1.807, 2.05) is 20.8 Å². The lowest BCUT2D eigenvalue weighted by atomic mass is 10.2. The molecule has 0 aliphatic heterocycles. The number of benzene rings is 1. The lowest BCUT2D eigenvalue weighted by Gasteiger charge is -2.24. The highest BCUT2D eigenvalue weighted by atomic mass is 19.4. The van der Waals surface area contributed by atoms with Crippen LogP contribution in [0.4, 0.5) is 24.7 Å². The van der Waals surface area contributed by atoms with E-state index >= 15 is 0 Å². The average Bonchev–Trinajstić information content (AvgIpc) is 2.65. The molecule has 1 aromatic heterocycles.